The van der Waals surface area contributed by atoms with E-state index in [1.165, 1.54) is 0 Å². The highest BCUT2D eigenvalue weighted by atomic mass is 16.5. The Kier molecular flexibility index (Phi) is 7.14. The number of benzene rings is 2. The lowest BCUT2D eigenvalue weighted by molar-refractivity contribution is -0.118. The normalized spacial score (nSPS) is 14.6. The van der Waals surface area contributed by atoms with Gasteiger partial charge in [-0.3, -0.25) is 4.79 Å². The van der Waals surface area contributed by atoms with Crippen molar-refractivity contribution in [3.05, 3.63) is 48.5 Å². The summed E-state index contributed by atoms with van der Waals surface area (Å²) in [6, 6.07) is 15.3. The largest absolute Gasteiger partial charge is 0.490 e. The molecule has 1 aliphatic rings. The predicted molar refractivity (Wildman–Crippen MR) is 113 cm³/mol. The number of carbonyl (C=O) groups is 1. The SMILES string of the molecule is CCOc1ccccc1OCC(=O)Nc1ccccc1N1CCN(CC)CC1. The van der Waals surface area contributed by atoms with Crippen molar-refractivity contribution >= 4 is 17.3 Å². The molecule has 0 bridgehead atoms. The molecule has 0 spiro atoms. The number of anilines is 2. The molecule has 0 radical (unpaired) electrons. The van der Waals surface area contributed by atoms with E-state index in [1.807, 2.05) is 43.3 Å². The molecule has 0 saturated carbocycles. The number of ether oxygens (including phenoxy) is 2. The highest BCUT2D eigenvalue weighted by Crippen LogP contribution is 2.28. The van der Waals surface area contributed by atoms with Gasteiger partial charge in [-0.05, 0) is 37.7 Å². The van der Waals surface area contributed by atoms with E-state index in [-0.39, 0.29) is 12.5 Å². The Morgan fingerprint density at radius 2 is 1.57 bits per heavy atom. The van der Waals surface area contributed by atoms with E-state index in [1.54, 1.807) is 6.07 Å². The minimum atomic E-state index is -0.189. The predicted octanol–water partition coefficient (Wildman–Crippen LogP) is 3.24. The number of para-hydroxylation sites is 4. The lowest BCUT2D eigenvalue weighted by Crippen LogP contribution is -2.46. The summed E-state index contributed by atoms with van der Waals surface area (Å²) in [5.74, 6) is 1.03. The summed E-state index contributed by atoms with van der Waals surface area (Å²) in [4.78, 5) is 17.2. The standard InChI is InChI=1S/C22H29N3O3/c1-3-24-13-15-25(16-14-24)19-10-6-5-9-18(19)23-22(26)17-28-21-12-8-7-11-20(21)27-4-2/h5-12H,3-4,13-17H2,1-2H3,(H,23,26). The maximum Gasteiger partial charge on any atom is 0.262 e. The van der Waals surface area contributed by atoms with E-state index >= 15 is 0 Å². The number of amides is 1. The first kappa shape index (κ1) is 20.0. The monoisotopic (exact) mass is 383 g/mol. The van der Waals surface area contributed by atoms with Crippen LogP contribution in [0, 0.1) is 0 Å². The van der Waals surface area contributed by atoms with Gasteiger partial charge in [-0.15, -0.1) is 0 Å². The van der Waals surface area contributed by atoms with Crippen LogP contribution in [0.4, 0.5) is 11.4 Å². The number of hydrogen-bond donors (Lipinski definition) is 1. The van der Waals surface area contributed by atoms with Crippen molar-refractivity contribution in [2.45, 2.75) is 13.8 Å². The number of nitrogens with one attached hydrogen (secondary N) is 1. The fourth-order valence-corrected chi connectivity index (χ4v) is 3.33. The van der Waals surface area contributed by atoms with Gasteiger partial charge in [0.05, 0.1) is 18.0 Å². The van der Waals surface area contributed by atoms with Gasteiger partial charge in [0.15, 0.2) is 18.1 Å². The summed E-state index contributed by atoms with van der Waals surface area (Å²) in [6.07, 6.45) is 0. The molecule has 0 aliphatic carbocycles. The van der Waals surface area contributed by atoms with Crippen molar-refractivity contribution in [1.29, 1.82) is 0 Å². The van der Waals surface area contributed by atoms with Crippen LogP contribution >= 0.6 is 0 Å². The molecule has 1 fully saturated rings. The molecule has 0 aromatic heterocycles. The molecule has 1 aliphatic heterocycles. The first-order valence-electron chi connectivity index (χ1n) is 9.92. The van der Waals surface area contributed by atoms with E-state index < -0.39 is 0 Å². The van der Waals surface area contributed by atoms with E-state index in [4.69, 9.17) is 9.47 Å². The van der Waals surface area contributed by atoms with Crippen molar-refractivity contribution in [1.82, 2.24) is 4.90 Å². The van der Waals surface area contributed by atoms with Crippen molar-refractivity contribution in [3.8, 4) is 11.5 Å². The van der Waals surface area contributed by atoms with Gasteiger partial charge in [0.25, 0.3) is 5.91 Å². The molecule has 1 heterocycles. The van der Waals surface area contributed by atoms with Crippen LogP contribution in [0.3, 0.4) is 0 Å². The average molecular weight is 383 g/mol. The molecule has 0 atom stereocenters. The van der Waals surface area contributed by atoms with Crippen molar-refractivity contribution in [2.75, 3.05) is 56.2 Å². The Morgan fingerprint density at radius 1 is 0.929 bits per heavy atom. The summed E-state index contributed by atoms with van der Waals surface area (Å²) < 4.78 is 11.2. The summed E-state index contributed by atoms with van der Waals surface area (Å²) in [6.45, 7) is 9.65. The number of likely N-dealkylation sites (N-methyl/N-ethyl adjacent to an activating group) is 1. The van der Waals surface area contributed by atoms with Crippen LogP contribution in [0.5, 0.6) is 11.5 Å². The fraction of sp³-hybridized carbons (Fsp3) is 0.409. The van der Waals surface area contributed by atoms with Gasteiger partial charge >= 0.3 is 0 Å². The van der Waals surface area contributed by atoms with Crippen molar-refractivity contribution < 1.29 is 14.3 Å². The van der Waals surface area contributed by atoms with Gasteiger partial charge in [-0.1, -0.05) is 31.2 Å². The minimum absolute atomic E-state index is 0.0674. The summed E-state index contributed by atoms with van der Waals surface area (Å²) in [7, 11) is 0. The molecular weight excluding hydrogens is 354 g/mol. The molecule has 0 unspecified atom stereocenters. The Hall–Kier alpha value is -2.73. The third-order valence-electron chi connectivity index (χ3n) is 4.85. The number of nitrogens with zero attached hydrogens (tertiary/aromatic N) is 2. The van der Waals surface area contributed by atoms with E-state index in [2.05, 4.69) is 28.1 Å². The lowest BCUT2D eigenvalue weighted by Gasteiger charge is -2.36. The third kappa shape index (κ3) is 5.16. The maximum absolute atomic E-state index is 12.5. The summed E-state index contributed by atoms with van der Waals surface area (Å²) in [5.41, 5.74) is 1.88. The topological polar surface area (TPSA) is 54.0 Å². The van der Waals surface area contributed by atoms with Crippen LogP contribution in [0.25, 0.3) is 0 Å². The number of carbonyl (C=O) groups excluding carboxylic acids is 1. The number of piperazine rings is 1. The van der Waals surface area contributed by atoms with Crippen molar-refractivity contribution in [2.24, 2.45) is 0 Å². The lowest BCUT2D eigenvalue weighted by atomic mass is 10.2. The molecule has 150 valence electrons. The zero-order valence-electron chi connectivity index (χ0n) is 16.7. The molecule has 3 rings (SSSR count). The van der Waals surface area contributed by atoms with E-state index in [9.17, 15) is 4.79 Å². The van der Waals surface area contributed by atoms with Gasteiger partial charge in [-0.2, -0.15) is 0 Å². The fourth-order valence-electron chi connectivity index (χ4n) is 3.33. The number of rotatable bonds is 8. The van der Waals surface area contributed by atoms with E-state index in [0.717, 1.165) is 44.1 Å². The van der Waals surface area contributed by atoms with Crippen LogP contribution < -0.4 is 19.7 Å². The first-order chi connectivity index (χ1) is 13.7. The average Bonchev–Trinajstić information content (AvgIpc) is 2.74. The second-order valence-electron chi connectivity index (χ2n) is 6.66. The Morgan fingerprint density at radius 3 is 2.25 bits per heavy atom. The van der Waals surface area contributed by atoms with Gasteiger partial charge in [0.2, 0.25) is 0 Å². The molecular formula is C22H29N3O3. The number of hydrogen-bond acceptors (Lipinski definition) is 5. The molecule has 6 heteroatoms. The second-order valence-corrected chi connectivity index (χ2v) is 6.66. The van der Waals surface area contributed by atoms with Crippen LogP contribution in [0.1, 0.15) is 13.8 Å². The van der Waals surface area contributed by atoms with Crippen LogP contribution in [0.15, 0.2) is 48.5 Å². The van der Waals surface area contributed by atoms with E-state index in [0.29, 0.717) is 18.1 Å². The second kappa shape index (κ2) is 9.99. The molecule has 6 nitrogen and oxygen atoms in total. The van der Waals surface area contributed by atoms with Gasteiger partial charge in [-0.25, -0.2) is 0 Å². The quantitative estimate of drug-likeness (QED) is 0.758. The molecule has 28 heavy (non-hydrogen) atoms. The molecule has 2 aromatic carbocycles. The van der Waals surface area contributed by atoms with Crippen LogP contribution in [-0.4, -0.2) is 56.7 Å². The molecule has 1 amide bonds. The zero-order chi connectivity index (χ0) is 19.8. The molecule has 1 N–H and O–H groups in total. The highest BCUT2D eigenvalue weighted by Gasteiger charge is 2.19. The Labute approximate surface area is 167 Å². The molecule has 2 aromatic rings. The summed E-state index contributed by atoms with van der Waals surface area (Å²) >= 11 is 0. The van der Waals surface area contributed by atoms with Crippen molar-refractivity contribution in [3.63, 3.8) is 0 Å². The van der Waals surface area contributed by atoms with Crippen LogP contribution in [-0.2, 0) is 4.79 Å². The maximum atomic E-state index is 12.5. The van der Waals surface area contributed by atoms with Gasteiger partial charge < -0.3 is 24.6 Å². The van der Waals surface area contributed by atoms with Crippen LogP contribution in [0.2, 0.25) is 0 Å². The Bertz CT molecular complexity index is 773. The van der Waals surface area contributed by atoms with Gasteiger partial charge in [0, 0.05) is 26.2 Å². The van der Waals surface area contributed by atoms with Gasteiger partial charge in [0.1, 0.15) is 0 Å². The minimum Gasteiger partial charge on any atom is -0.490 e. The molecule has 1 saturated heterocycles. The summed E-state index contributed by atoms with van der Waals surface area (Å²) in [5, 5.41) is 2.99. The Balaban J connectivity index is 1.60. The highest BCUT2D eigenvalue weighted by molar-refractivity contribution is 5.95. The smallest absolute Gasteiger partial charge is 0.262 e. The third-order valence-corrected chi connectivity index (χ3v) is 4.85. The first-order valence-corrected chi connectivity index (χ1v) is 9.92. The zero-order valence-corrected chi connectivity index (χ0v) is 16.7.